The molecular weight excluding hydrogens is 225 g/mol. The van der Waals surface area contributed by atoms with Gasteiger partial charge in [0, 0.05) is 45.6 Å². The van der Waals surface area contributed by atoms with Crippen molar-refractivity contribution in [1.82, 2.24) is 4.90 Å². The summed E-state index contributed by atoms with van der Waals surface area (Å²) in [5.74, 6) is 0.525. The quantitative estimate of drug-likeness (QED) is 0.681. The van der Waals surface area contributed by atoms with Crippen molar-refractivity contribution in [2.75, 3.05) is 24.8 Å². The minimum absolute atomic E-state index is 0.263. The Hall–Kier alpha value is -0.150. The minimum atomic E-state index is -1.98. The van der Waals surface area contributed by atoms with Crippen molar-refractivity contribution in [3.63, 3.8) is 0 Å². The van der Waals surface area contributed by atoms with Crippen LogP contribution in [0.3, 0.4) is 0 Å². The second-order valence-electron chi connectivity index (χ2n) is 2.59. The van der Waals surface area contributed by atoms with Crippen LogP contribution in [0.15, 0.2) is 0 Å². The van der Waals surface area contributed by atoms with Crippen LogP contribution in [0.5, 0.6) is 0 Å². The first-order chi connectivity index (χ1) is 6.40. The predicted octanol–water partition coefficient (Wildman–Crippen LogP) is 1.77. The van der Waals surface area contributed by atoms with Crippen LogP contribution in [0.4, 0.5) is 4.79 Å². The van der Waals surface area contributed by atoms with Crippen LogP contribution in [-0.4, -0.2) is 41.4 Å². The maximum absolute atomic E-state index is 11.3. The zero-order valence-electron chi connectivity index (χ0n) is 7.58. The van der Waals surface area contributed by atoms with E-state index < -0.39 is 11.7 Å². The molecule has 3 nitrogen and oxygen atoms in total. The number of amides is 1. The van der Waals surface area contributed by atoms with Gasteiger partial charge in [0.05, 0.1) is 0 Å². The van der Waals surface area contributed by atoms with Crippen LogP contribution in [0.1, 0.15) is 0 Å². The van der Waals surface area contributed by atoms with Gasteiger partial charge in [0.2, 0.25) is 0 Å². The van der Waals surface area contributed by atoms with E-state index in [1.165, 1.54) is 4.90 Å². The molecule has 0 heterocycles. The average molecular weight is 236 g/mol. The standard InChI is InChI=1S/C9H11Cl2NO2/c1-9(2,3)14-8(13)12(6-4-10)7-5-11/h1-3H,4-7H2. The molecule has 0 aliphatic heterocycles. The lowest BCUT2D eigenvalue weighted by molar-refractivity contribution is 0.0673. The van der Waals surface area contributed by atoms with Gasteiger partial charge in [0.1, 0.15) is 5.60 Å². The summed E-state index contributed by atoms with van der Waals surface area (Å²) in [6, 6.07) is 0. The van der Waals surface area contributed by atoms with Gasteiger partial charge in [-0.15, -0.1) is 23.2 Å². The number of alkyl halides is 2. The molecule has 5 heteroatoms. The number of hydrogen-bond acceptors (Lipinski definition) is 2. The Morgan fingerprint density at radius 1 is 1.21 bits per heavy atom. The topological polar surface area (TPSA) is 29.5 Å². The fourth-order valence-electron chi connectivity index (χ4n) is 0.714. The third kappa shape index (κ3) is 6.33. The summed E-state index contributed by atoms with van der Waals surface area (Å²) in [7, 11) is 0. The summed E-state index contributed by atoms with van der Waals surface area (Å²) in [4.78, 5) is 12.6. The molecule has 0 unspecified atom stereocenters. The van der Waals surface area contributed by atoms with Crippen molar-refractivity contribution in [3.8, 4) is 0 Å². The normalized spacial score (nSPS) is 11.2. The van der Waals surface area contributed by atoms with Crippen LogP contribution >= 0.6 is 23.2 Å². The molecule has 0 bridgehead atoms. The third-order valence-electron chi connectivity index (χ3n) is 1.23. The highest BCUT2D eigenvalue weighted by Gasteiger charge is 2.22. The van der Waals surface area contributed by atoms with E-state index in [-0.39, 0.29) is 11.8 Å². The Bertz CT molecular complexity index is 174. The largest absolute Gasteiger partial charge is 0.442 e. The second kappa shape index (κ2) is 6.36. The zero-order chi connectivity index (χ0) is 11.2. The van der Waals surface area contributed by atoms with Crippen molar-refractivity contribution < 1.29 is 9.53 Å². The number of carbonyl (C=O) groups excluding carboxylic acids is 1. The maximum Gasteiger partial charge on any atom is 0.410 e. The molecule has 0 aliphatic carbocycles. The molecule has 0 aromatic carbocycles. The van der Waals surface area contributed by atoms with Gasteiger partial charge in [0.25, 0.3) is 0 Å². The van der Waals surface area contributed by atoms with Crippen molar-refractivity contribution in [3.05, 3.63) is 20.8 Å². The molecule has 1 amide bonds. The van der Waals surface area contributed by atoms with Crippen LogP contribution in [0.2, 0.25) is 0 Å². The van der Waals surface area contributed by atoms with E-state index >= 15 is 0 Å². The molecular formula is C9H11Cl2NO2. The minimum Gasteiger partial charge on any atom is -0.442 e. The molecule has 0 N–H and O–H groups in total. The van der Waals surface area contributed by atoms with E-state index in [4.69, 9.17) is 44.0 Å². The SMILES string of the molecule is [CH]C([CH])([CH])OC(=O)N(CCCl)CCCl. The first-order valence-corrected chi connectivity index (χ1v) is 4.94. The van der Waals surface area contributed by atoms with Gasteiger partial charge < -0.3 is 9.64 Å². The predicted molar refractivity (Wildman–Crippen MR) is 55.1 cm³/mol. The molecule has 6 radical (unpaired) electrons. The first-order valence-electron chi connectivity index (χ1n) is 3.87. The maximum atomic E-state index is 11.3. The molecule has 14 heavy (non-hydrogen) atoms. The average Bonchev–Trinajstić information content (AvgIpc) is 2.01. The molecule has 78 valence electrons. The Morgan fingerprint density at radius 2 is 1.64 bits per heavy atom. The van der Waals surface area contributed by atoms with E-state index in [1.807, 2.05) is 0 Å². The fraction of sp³-hybridized carbons (Fsp3) is 0.556. The Morgan fingerprint density at radius 3 is 1.93 bits per heavy atom. The van der Waals surface area contributed by atoms with Gasteiger partial charge in [-0.1, -0.05) is 0 Å². The van der Waals surface area contributed by atoms with E-state index in [0.29, 0.717) is 13.1 Å². The van der Waals surface area contributed by atoms with Crippen LogP contribution < -0.4 is 0 Å². The zero-order valence-corrected chi connectivity index (χ0v) is 9.09. The van der Waals surface area contributed by atoms with Gasteiger partial charge in [-0.2, -0.15) is 0 Å². The Labute approximate surface area is 95.3 Å². The van der Waals surface area contributed by atoms with E-state index in [1.54, 1.807) is 0 Å². The van der Waals surface area contributed by atoms with Crippen LogP contribution in [0.25, 0.3) is 0 Å². The highest BCUT2D eigenvalue weighted by Crippen LogP contribution is 2.08. The molecule has 0 aromatic heterocycles. The number of rotatable bonds is 5. The lowest BCUT2D eigenvalue weighted by Gasteiger charge is -2.25. The van der Waals surface area contributed by atoms with Gasteiger partial charge in [0.15, 0.2) is 0 Å². The summed E-state index contributed by atoms with van der Waals surface area (Å²) in [6.45, 7) is 15.8. The molecule has 0 spiro atoms. The third-order valence-corrected chi connectivity index (χ3v) is 1.57. The van der Waals surface area contributed by atoms with E-state index in [0.717, 1.165) is 0 Å². The number of nitrogens with zero attached hydrogens (tertiary/aromatic N) is 1. The summed E-state index contributed by atoms with van der Waals surface area (Å²) >= 11 is 10.9. The van der Waals surface area contributed by atoms with Gasteiger partial charge in [-0.25, -0.2) is 4.79 Å². The summed E-state index contributed by atoms with van der Waals surface area (Å²) in [6.07, 6.45) is -0.737. The van der Waals surface area contributed by atoms with Crippen LogP contribution in [0, 0.1) is 20.8 Å². The molecule has 0 atom stereocenters. The monoisotopic (exact) mass is 235 g/mol. The number of halogens is 2. The van der Waals surface area contributed by atoms with Crippen molar-refractivity contribution >= 4 is 29.3 Å². The van der Waals surface area contributed by atoms with Crippen molar-refractivity contribution in [2.24, 2.45) is 0 Å². The van der Waals surface area contributed by atoms with Crippen molar-refractivity contribution in [1.29, 1.82) is 0 Å². The van der Waals surface area contributed by atoms with Gasteiger partial charge in [-0.05, 0) is 0 Å². The molecule has 0 saturated heterocycles. The summed E-state index contributed by atoms with van der Waals surface area (Å²) < 4.78 is 4.51. The molecule has 0 aromatic rings. The summed E-state index contributed by atoms with van der Waals surface area (Å²) in [5.41, 5.74) is -1.98. The second-order valence-corrected chi connectivity index (χ2v) is 3.34. The highest BCUT2D eigenvalue weighted by molar-refractivity contribution is 6.18. The molecule has 0 aliphatic rings. The van der Waals surface area contributed by atoms with Gasteiger partial charge >= 0.3 is 6.09 Å². The molecule has 0 rings (SSSR count). The molecule has 0 saturated carbocycles. The van der Waals surface area contributed by atoms with Gasteiger partial charge in [-0.3, -0.25) is 0 Å². The number of hydrogen-bond donors (Lipinski definition) is 0. The fourth-order valence-corrected chi connectivity index (χ4v) is 1.12. The number of ether oxygens (including phenoxy) is 1. The summed E-state index contributed by atoms with van der Waals surface area (Å²) in [5, 5.41) is 0. The lowest BCUT2D eigenvalue weighted by Crippen LogP contribution is -2.39. The first kappa shape index (κ1) is 13.8. The Balaban J connectivity index is 4.14. The van der Waals surface area contributed by atoms with Crippen molar-refractivity contribution in [2.45, 2.75) is 5.60 Å². The highest BCUT2D eigenvalue weighted by atomic mass is 35.5. The molecule has 0 fully saturated rings. The van der Waals surface area contributed by atoms with E-state index in [9.17, 15) is 4.79 Å². The lowest BCUT2D eigenvalue weighted by atomic mass is 10.2. The van der Waals surface area contributed by atoms with E-state index in [2.05, 4.69) is 4.74 Å². The Kier molecular flexibility index (Phi) is 6.29. The van der Waals surface area contributed by atoms with Crippen LogP contribution in [-0.2, 0) is 4.74 Å². The number of carbonyl (C=O) groups is 1. The smallest absolute Gasteiger partial charge is 0.410 e.